The normalized spacial score (nSPS) is 20.3. The summed E-state index contributed by atoms with van der Waals surface area (Å²) in [6, 6.07) is 5.09. The molecular formula is C18H26N2O. The van der Waals surface area contributed by atoms with Gasteiger partial charge in [-0.05, 0) is 61.9 Å². The van der Waals surface area contributed by atoms with Gasteiger partial charge in [-0.15, -0.1) is 0 Å². The van der Waals surface area contributed by atoms with Gasteiger partial charge >= 0.3 is 0 Å². The van der Waals surface area contributed by atoms with Crippen LogP contribution in [-0.2, 0) is 24.1 Å². The Morgan fingerprint density at radius 1 is 1.19 bits per heavy atom. The summed E-state index contributed by atoms with van der Waals surface area (Å²) in [6.07, 6.45) is 6.47. The van der Waals surface area contributed by atoms with Crippen molar-refractivity contribution in [3.05, 3.63) is 28.8 Å². The highest BCUT2D eigenvalue weighted by Gasteiger charge is 2.28. The van der Waals surface area contributed by atoms with Gasteiger partial charge in [0.05, 0.1) is 6.42 Å². The Morgan fingerprint density at radius 2 is 1.90 bits per heavy atom. The maximum atomic E-state index is 11.6. The number of anilines is 1. The van der Waals surface area contributed by atoms with Crippen molar-refractivity contribution in [1.82, 2.24) is 4.90 Å². The first-order valence-electron chi connectivity index (χ1n) is 8.40. The molecule has 0 aromatic heterocycles. The molecule has 3 rings (SSSR count). The van der Waals surface area contributed by atoms with E-state index < -0.39 is 0 Å². The molecule has 3 heteroatoms. The van der Waals surface area contributed by atoms with E-state index in [1.807, 2.05) is 0 Å². The van der Waals surface area contributed by atoms with Crippen LogP contribution in [0, 0.1) is 0 Å². The minimum atomic E-state index is 0.152. The van der Waals surface area contributed by atoms with Crippen molar-refractivity contribution >= 4 is 11.6 Å². The van der Waals surface area contributed by atoms with Gasteiger partial charge in [0.25, 0.3) is 0 Å². The van der Waals surface area contributed by atoms with Crippen LogP contribution in [0.1, 0.15) is 49.8 Å². The molecule has 3 nitrogen and oxygen atoms in total. The van der Waals surface area contributed by atoms with Crippen LogP contribution < -0.4 is 5.32 Å². The van der Waals surface area contributed by atoms with Gasteiger partial charge in [-0.2, -0.15) is 0 Å². The number of nitrogens with one attached hydrogen (secondary N) is 1. The van der Waals surface area contributed by atoms with Crippen molar-refractivity contribution in [2.45, 2.75) is 58.4 Å². The molecule has 1 aromatic carbocycles. The molecule has 0 spiro atoms. The van der Waals surface area contributed by atoms with Gasteiger partial charge in [-0.3, -0.25) is 4.79 Å². The van der Waals surface area contributed by atoms with Crippen molar-refractivity contribution in [3.8, 4) is 0 Å². The van der Waals surface area contributed by atoms with E-state index in [0.29, 0.717) is 12.5 Å². The number of fused-ring (bicyclic) bond motifs is 3. The second kappa shape index (κ2) is 6.18. The lowest BCUT2D eigenvalue weighted by Crippen LogP contribution is -2.40. The average molecular weight is 286 g/mol. The quantitative estimate of drug-likeness (QED) is 0.902. The first-order valence-corrected chi connectivity index (χ1v) is 8.40. The summed E-state index contributed by atoms with van der Waals surface area (Å²) in [4.78, 5) is 14.3. The summed E-state index contributed by atoms with van der Waals surface area (Å²) in [7, 11) is 0. The SMILES string of the molecule is CCCN(CCC)C1CCc2c(ccc3c2NC(=O)C3)C1. The zero-order valence-corrected chi connectivity index (χ0v) is 13.2. The van der Waals surface area contributed by atoms with E-state index in [-0.39, 0.29) is 5.91 Å². The van der Waals surface area contributed by atoms with Crippen LogP contribution in [0.25, 0.3) is 0 Å². The number of carbonyl (C=O) groups excluding carboxylic acids is 1. The van der Waals surface area contributed by atoms with Crippen LogP contribution in [0.15, 0.2) is 12.1 Å². The van der Waals surface area contributed by atoms with E-state index in [0.717, 1.165) is 18.5 Å². The molecule has 1 aromatic rings. The average Bonchev–Trinajstić information content (AvgIpc) is 2.87. The number of hydrogen-bond acceptors (Lipinski definition) is 2. The first-order chi connectivity index (χ1) is 10.2. The number of hydrogen-bond donors (Lipinski definition) is 1. The Bertz CT molecular complexity index is 532. The number of rotatable bonds is 5. The van der Waals surface area contributed by atoms with Gasteiger partial charge in [0, 0.05) is 11.7 Å². The molecule has 1 heterocycles. The van der Waals surface area contributed by atoms with Crippen LogP contribution in [0.3, 0.4) is 0 Å². The number of benzene rings is 1. The lowest BCUT2D eigenvalue weighted by Gasteiger charge is -2.35. The van der Waals surface area contributed by atoms with E-state index in [9.17, 15) is 4.79 Å². The van der Waals surface area contributed by atoms with Crippen LogP contribution in [-0.4, -0.2) is 29.9 Å². The van der Waals surface area contributed by atoms with Gasteiger partial charge in [0.15, 0.2) is 0 Å². The minimum Gasteiger partial charge on any atom is -0.325 e. The highest BCUT2D eigenvalue weighted by molar-refractivity contribution is 6.00. The highest BCUT2D eigenvalue weighted by atomic mass is 16.1. The summed E-state index contributed by atoms with van der Waals surface area (Å²) >= 11 is 0. The van der Waals surface area contributed by atoms with Gasteiger partial charge in [0.2, 0.25) is 5.91 Å². The molecule has 1 N–H and O–H groups in total. The summed E-state index contributed by atoms with van der Waals surface area (Å²) in [5.74, 6) is 0.152. The molecule has 1 amide bonds. The lowest BCUT2D eigenvalue weighted by atomic mass is 9.85. The highest BCUT2D eigenvalue weighted by Crippen LogP contribution is 2.35. The fourth-order valence-corrected chi connectivity index (χ4v) is 3.91. The molecule has 0 saturated heterocycles. The van der Waals surface area contributed by atoms with Gasteiger partial charge in [0.1, 0.15) is 0 Å². The molecule has 21 heavy (non-hydrogen) atoms. The maximum absolute atomic E-state index is 11.6. The predicted octanol–water partition coefficient (Wildman–Crippen LogP) is 3.16. The molecule has 1 unspecified atom stereocenters. The Hall–Kier alpha value is -1.35. The largest absolute Gasteiger partial charge is 0.325 e. The number of carbonyl (C=O) groups is 1. The Morgan fingerprint density at radius 3 is 2.62 bits per heavy atom. The second-order valence-electron chi connectivity index (χ2n) is 6.39. The third-order valence-electron chi connectivity index (χ3n) is 4.83. The zero-order chi connectivity index (χ0) is 14.8. The topological polar surface area (TPSA) is 32.3 Å². The zero-order valence-electron chi connectivity index (χ0n) is 13.2. The molecule has 1 aliphatic carbocycles. The first kappa shape index (κ1) is 14.6. The smallest absolute Gasteiger partial charge is 0.228 e. The molecule has 1 atom stereocenters. The van der Waals surface area contributed by atoms with Gasteiger partial charge < -0.3 is 10.2 Å². The fourth-order valence-electron chi connectivity index (χ4n) is 3.91. The van der Waals surface area contributed by atoms with Crippen molar-refractivity contribution in [1.29, 1.82) is 0 Å². The summed E-state index contributed by atoms with van der Waals surface area (Å²) < 4.78 is 0. The van der Waals surface area contributed by atoms with Crippen molar-refractivity contribution in [2.75, 3.05) is 18.4 Å². The van der Waals surface area contributed by atoms with Gasteiger partial charge in [-0.25, -0.2) is 0 Å². The summed E-state index contributed by atoms with van der Waals surface area (Å²) in [5, 5.41) is 3.07. The molecule has 0 bridgehead atoms. The molecule has 0 saturated carbocycles. The second-order valence-corrected chi connectivity index (χ2v) is 6.39. The summed E-state index contributed by atoms with van der Waals surface area (Å²) in [6.45, 7) is 6.94. The van der Waals surface area contributed by atoms with Crippen LogP contribution in [0.4, 0.5) is 5.69 Å². The number of nitrogens with zero attached hydrogens (tertiary/aromatic N) is 1. The Balaban J connectivity index is 1.80. The minimum absolute atomic E-state index is 0.152. The van der Waals surface area contributed by atoms with Crippen molar-refractivity contribution in [3.63, 3.8) is 0 Å². The lowest BCUT2D eigenvalue weighted by molar-refractivity contribution is -0.115. The standard InChI is InChI=1S/C18H26N2O/c1-3-9-20(10-4-2)15-7-8-16-13(11-15)5-6-14-12-17(21)19-18(14)16/h5-6,15H,3-4,7-12H2,1-2H3,(H,19,21). The molecule has 1 aliphatic heterocycles. The van der Waals surface area contributed by atoms with E-state index in [1.54, 1.807) is 0 Å². The molecule has 0 radical (unpaired) electrons. The Labute approximate surface area is 127 Å². The molecule has 0 fully saturated rings. The van der Waals surface area contributed by atoms with Crippen molar-refractivity contribution in [2.24, 2.45) is 0 Å². The van der Waals surface area contributed by atoms with E-state index >= 15 is 0 Å². The van der Waals surface area contributed by atoms with Crippen LogP contribution in [0.2, 0.25) is 0 Å². The van der Waals surface area contributed by atoms with Crippen LogP contribution >= 0.6 is 0 Å². The van der Waals surface area contributed by atoms with Gasteiger partial charge in [-0.1, -0.05) is 26.0 Å². The summed E-state index contributed by atoms with van der Waals surface area (Å²) in [5.41, 5.74) is 5.18. The van der Waals surface area contributed by atoms with E-state index in [2.05, 4.69) is 36.2 Å². The molecular weight excluding hydrogens is 260 g/mol. The van der Waals surface area contributed by atoms with E-state index in [1.165, 1.54) is 49.0 Å². The third kappa shape index (κ3) is 2.84. The van der Waals surface area contributed by atoms with Crippen molar-refractivity contribution < 1.29 is 4.79 Å². The van der Waals surface area contributed by atoms with Crippen LogP contribution in [0.5, 0.6) is 0 Å². The Kier molecular flexibility index (Phi) is 4.29. The fraction of sp³-hybridized carbons (Fsp3) is 0.611. The predicted molar refractivity (Wildman–Crippen MR) is 86.7 cm³/mol. The third-order valence-corrected chi connectivity index (χ3v) is 4.83. The monoisotopic (exact) mass is 286 g/mol. The molecule has 114 valence electrons. The van der Waals surface area contributed by atoms with E-state index in [4.69, 9.17) is 0 Å². The number of amides is 1. The molecule has 2 aliphatic rings. The maximum Gasteiger partial charge on any atom is 0.228 e.